The number of aromatic amines is 1. The number of carboxylic acids is 1. The Hall–Kier alpha value is -1.89. The number of hydrogen-bond acceptors (Lipinski definition) is 4. The minimum Gasteiger partial charge on any atom is -0.477 e. The van der Waals surface area contributed by atoms with Crippen LogP contribution in [0.5, 0.6) is 0 Å². The third-order valence-electron chi connectivity index (χ3n) is 2.04. The number of aliphatic hydroxyl groups excluding tert-OH is 1. The first-order chi connectivity index (χ1) is 7.56. The second-order valence-electron chi connectivity index (χ2n) is 3.20. The van der Waals surface area contributed by atoms with Crippen LogP contribution in [-0.2, 0) is 0 Å². The number of rotatable bonds is 5. The lowest BCUT2D eigenvalue weighted by Gasteiger charge is -2.08. The summed E-state index contributed by atoms with van der Waals surface area (Å²) < 4.78 is 0. The molecule has 1 rings (SSSR count). The van der Waals surface area contributed by atoms with Gasteiger partial charge in [-0.2, -0.15) is 0 Å². The molecule has 1 unspecified atom stereocenters. The van der Waals surface area contributed by atoms with E-state index in [4.69, 9.17) is 5.11 Å². The maximum Gasteiger partial charge on any atom is 0.354 e. The molecule has 1 aromatic rings. The van der Waals surface area contributed by atoms with Gasteiger partial charge in [-0.25, -0.2) is 9.78 Å². The Morgan fingerprint density at radius 2 is 2.31 bits per heavy atom. The molecule has 0 bridgehead atoms. The first-order valence-electron chi connectivity index (χ1n) is 4.79. The number of aliphatic hydroxyl groups is 1. The predicted octanol–water partition coefficient (Wildman–Crippen LogP) is -0.391. The predicted molar refractivity (Wildman–Crippen MR) is 54.2 cm³/mol. The lowest BCUT2D eigenvalue weighted by molar-refractivity contribution is 0.0684. The molecule has 7 nitrogen and oxygen atoms in total. The number of H-pyrrole nitrogens is 1. The van der Waals surface area contributed by atoms with Crippen molar-refractivity contribution in [3.8, 4) is 0 Å². The normalized spacial score (nSPS) is 12.1. The summed E-state index contributed by atoms with van der Waals surface area (Å²) in [5.41, 5.74) is -0.445. The van der Waals surface area contributed by atoms with Crippen molar-refractivity contribution in [2.45, 2.75) is 19.4 Å². The zero-order valence-corrected chi connectivity index (χ0v) is 8.73. The number of hydrogen-bond donors (Lipinski definition) is 4. The largest absolute Gasteiger partial charge is 0.477 e. The Labute approximate surface area is 91.5 Å². The molecular weight excluding hydrogens is 214 g/mol. The standard InChI is InChI=1S/C9H13N3O4/c1-2-5(13)3-10-8(14)6-7(9(15)16)12-4-11-6/h4-5,13H,2-3H2,1H3,(H,10,14)(H,11,12)(H,15,16). The van der Waals surface area contributed by atoms with Crippen LogP contribution in [0.3, 0.4) is 0 Å². The number of aromatic nitrogens is 2. The van der Waals surface area contributed by atoms with Crippen LogP contribution in [0.2, 0.25) is 0 Å². The van der Waals surface area contributed by atoms with Crippen LogP contribution in [-0.4, -0.2) is 44.7 Å². The van der Waals surface area contributed by atoms with Gasteiger partial charge in [-0.05, 0) is 6.42 Å². The summed E-state index contributed by atoms with van der Waals surface area (Å²) in [6.45, 7) is 1.84. The molecule has 1 aromatic heterocycles. The first kappa shape index (κ1) is 12.2. The van der Waals surface area contributed by atoms with Crippen molar-refractivity contribution in [2.24, 2.45) is 0 Å². The van der Waals surface area contributed by atoms with E-state index in [1.54, 1.807) is 6.92 Å². The minimum atomic E-state index is -1.25. The Morgan fingerprint density at radius 1 is 1.62 bits per heavy atom. The van der Waals surface area contributed by atoms with Gasteiger partial charge >= 0.3 is 5.97 Å². The van der Waals surface area contributed by atoms with Crippen LogP contribution in [0, 0.1) is 0 Å². The smallest absolute Gasteiger partial charge is 0.354 e. The van der Waals surface area contributed by atoms with E-state index in [-0.39, 0.29) is 17.9 Å². The molecule has 0 fully saturated rings. The first-order valence-corrected chi connectivity index (χ1v) is 4.79. The third kappa shape index (κ3) is 2.80. The molecule has 1 atom stereocenters. The maximum absolute atomic E-state index is 11.5. The summed E-state index contributed by atoms with van der Waals surface area (Å²) in [6.07, 6.45) is 0.998. The molecular formula is C9H13N3O4. The number of carboxylic acid groups (broad SMARTS) is 1. The van der Waals surface area contributed by atoms with Crippen LogP contribution < -0.4 is 5.32 Å². The summed E-state index contributed by atoms with van der Waals surface area (Å²) in [7, 11) is 0. The van der Waals surface area contributed by atoms with Crippen molar-refractivity contribution < 1.29 is 19.8 Å². The van der Waals surface area contributed by atoms with Gasteiger partial charge in [-0.15, -0.1) is 0 Å². The van der Waals surface area contributed by atoms with E-state index < -0.39 is 18.0 Å². The van der Waals surface area contributed by atoms with Crippen molar-refractivity contribution >= 4 is 11.9 Å². The number of imidazole rings is 1. The highest BCUT2D eigenvalue weighted by Crippen LogP contribution is 2.02. The van der Waals surface area contributed by atoms with Crippen molar-refractivity contribution in [3.63, 3.8) is 0 Å². The minimum absolute atomic E-state index is 0.0707. The monoisotopic (exact) mass is 227 g/mol. The SMILES string of the molecule is CCC(O)CNC(=O)c1nc[nH]c1C(=O)O. The summed E-state index contributed by atoms with van der Waals surface area (Å²) in [6, 6.07) is 0. The Bertz CT molecular complexity index is 388. The fourth-order valence-corrected chi connectivity index (χ4v) is 1.07. The molecule has 0 aliphatic heterocycles. The molecule has 4 N–H and O–H groups in total. The van der Waals surface area contributed by atoms with E-state index in [9.17, 15) is 14.7 Å². The third-order valence-corrected chi connectivity index (χ3v) is 2.04. The van der Waals surface area contributed by atoms with Crippen LogP contribution in [0.25, 0.3) is 0 Å². The highest BCUT2D eigenvalue weighted by atomic mass is 16.4. The maximum atomic E-state index is 11.5. The lowest BCUT2D eigenvalue weighted by Crippen LogP contribution is -2.32. The van der Waals surface area contributed by atoms with E-state index in [1.165, 1.54) is 0 Å². The highest BCUT2D eigenvalue weighted by Gasteiger charge is 2.19. The fraction of sp³-hybridized carbons (Fsp3) is 0.444. The van der Waals surface area contributed by atoms with E-state index in [0.29, 0.717) is 6.42 Å². The van der Waals surface area contributed by atoms with Gasteiger partial charge in [0, 0.05) is 6.54 Å². The molecule has 0 aliphatic rings. The van der Waals surface area contributed by atoms with Crippen molar-refractivity contribution in [2.75, 3.05) is 6.54 Å². The molecule has 7 heteroatoms. The number of nitrogens with zero attached hydrogens (tertiary/aromatic N) is 1. The average Bonchev–Trinajstić information content (AvgIpc) is 2.74. The molecule has 1 amide bonds. The average molecular weight is 227 g/mol. The van der Waals surface area contributed by atoms with Gasteiger partial charge in [-0.1, -0.05) is 6.92 Å². The number of aromatic carboxylic acids is 1. The molecule has 0 saturated carbocycles. The summed E-state index contributed by atoms with van der Waals surface area (Å²) >= 11 is 0. The van der Waals surface area contributed by atoms with Crippen molar-refractivity contribution in [3.05, 3.63) is 17.7 Å². The second-order valence-corrected chi connectivity index (χ2v) is 3.20. The summed E-state index contributed by atoms with van der Waals surface area (Å²) in [5, 5.41) is 20.3. The Morgan fingerprint density at radius 3 is 2.88 bits per heavy atom. The van der Waals surface area contributed by atoms with Crippen molar-refractivity contribution in [1.82, 2.24) is 15.3 Å². The topological polar surface area (TPSA) is 115 Å². The lowest BCUT2D eigenvalue weighted by atomic mass is 10.2. The van der Waals surface area contributed by atoms with Gasteiger partial charge in [0.05, 0.1) is 12.4 Å². The quantitative estimate of drug-likeness (QED) is 0.546. The number of nitrogens with one attached hydrogen (secondary N) is 2. The second kappa shape index (κ2) is 5.26. The Kier molecular flexibility index (Phi) is 4.01. The fourth-order valence-electron chi connectivity index (χ4n) is 1.07. The zero-order chi connectivity index (χ0) is 12.1. The number of carbonyl (C=O) groups excluding carboxylic acids is 1. The molecule has 16 heavy (non-hydrogen) atoms. The molecule has 0 spiro atoms. The molecule has 0 aromatic carbocycles. The van der Waals surface area contributed by atoms with Gasteiger partial charge in [0.2, 0.25) is 0 Å². The van der Waals surface area contributed by atoms with Crippen LogP contribution in [0.1, 0.15) is 34.3 Å². The number of amides is 1. The zero-order valence-electron chi connectivity index (χ0n) is 8.73. The van der Waals surface area contributed by atoms with E-state index in [0.717, 1.165) is 6.33 Å². The van der Waals surface area contributed by atoms with Gasteiger partial charge in [0.1, 0.15) is 0 Å². The number of carbonyl (C=O) groups is 2. The Balaban J connectivity index is 2.66. The van der Waals surface area contributed by atoms with Crippen molar-refractivity contribution in [1.29, 1.82) is 0 Å². The summed E-state index contributed by atoms with van der Waals surface area (Å²) in [5.74, 6) is -1.87. The van der Waals surface area contributed by atoms with E-state index >= 15 is 0 Å². The highest BCUT2D eigenvalue weighted by molar-refractivity contribution is 6.02. The molecule has 0 radical (unpaired) electrons. The van der Waals surface area contributed by atoms with Crippen LogP contribution >= 0.6 is 0 Å². The van der Waals surface area contributed by atoms with Gasteiger partial charge < -0.3 is 20.5 Å². The van der Waals surface area contributed by atoms with Gasteiger partial charge in [0.25, 0.3) is 5.91 Å². The van der Waals surface area contributed by atoms with E-state index in [1.807, 2.05) is 0 Å². The molecule has 88 valence electrons. The molecule has 0 aliphatic carbocycles. The molecule has 1 heterocycles. The van der Waals surface area contributed by atoms with Crippen LogP contribution in [0.15, 0.2) is 6.33 Å². The molecule has 0 saturated heterocycles. The van der Waals surface area contributed by atoms with Gasteiger partial charge in [-0.3, -0.25) is 4.79 Å². The van der Waals surface area contributed by atoms with Gasteiger partial charge in [0.15, 0.2) is 11.4 Å². The van der Waals surface area contributed by atoms with Crippen LogP contribution in [0.4, 0.5) is 0 Å². The van der Waals surface area contributed by atoms with E-state index in [2.05, 4.69) is 15.3 Å². The summed E-state index contributed by atoms with van der Waals surface area (Å²) in [4.78, 5) is 28.1.